The van der Waals surface area contributed by atoms with Gasteiger partial charge in [-0.25, -0.2) is 0 Å². The van der Waals surface area contributed by atoms with Crippen LogP contribution in [0.2, 0.25) is 0 Å². The Kier molecular flexibility index (Phi) is 20.7. The Morgan fingerprint density at radius 2 is 1.33 bits per heavy atom. The summed E-state index contributed by atoms with van der Waals surface area (Å²) in [5.41, 5.74) is -0.737. The first-order chi connectivity index (χ1) is 24.4. The van der Waals surface area contributed by atoms with Crippen LogP contribution in [0.4, 0.5) is 0 Å². The van der Waals surface area contributed by atoms with Gasteiger partial charge in [0.25, 0.3) is 0 Å². The molecule has 2 rings (SSSR count). The average Bonchev–Trinajstić information content (AvgIpc) is 3.08. The normalized spacial score (nSPS) is 15.9. The molecule has 11 nitrogen and oxygen atoms in total. The zero-order chi connectivity index (χ0) is 37.9. The molecular formula is C40H73NO10. The van der Waals surface area contributed by atoms with Crippen molar-refractivity contribution in [2.75, 3.05) is 33.5 Å². The molecule has 2 unspecified atom stereocenters. The molecular weight excluding hydrogens is 654 g/mol. The van der Waals surface area contributed by atoms with Gasteiger partial charge in [-0.15, -0.1) is 0 Å². The zero-order valence-electron chi connectivity index (χ0n) is 34.3. The fourth-order valence-corrected chi connectivity index (χ4v) is 5.50. The fourth-order valence-electron chi connectivity index (χ4n) is 5.50. The minimum atomic E-state index is -1.91. The number of hydroxylamine groups is 2. The first kappa shape index (κ1) is 45.0. The molecule has 0 heterocycles. The van der Waals surface area contributed by atoms with Gasteiger partial charge in [-0.3, -0.25) is 4.84 Å². The molecule has 1 aromatic carbocycles. The molecule has 1 aliphatic carbocycles. The van der Waals surface area contributed by atoms with E-state index in [4.69, 9.17) is 47.6 Å². The average molecular weight is 728 g/mol. The molecule has 1 aliphatic rings. The van der Waals surface area contributed by atoms with Crippen LogP contribution in [0.1, 0.15) is 160 Å². The van der Waals surface area contributed by atoms with Gasteiger partial charge in [0.1, 0.15) is 0 Å². The largest absolute Gasteiger partial charge is 0.489 e. The molecule has 0 radical (unpaired) electrons. The maximum atomic E-state index is 6.98. The monoisotopic (exact) mass is 728 g/mol. The van der Waals surface area contributed by atoms with E-state index in [9.17, 15) is 0 Å². The highest BCUT2D eigenvalue weighted by Crippen LogP contribution is 2.59. The van der Waals surface area contributed by atoms with Crippen LogP contribution >= 0.6 is 0 Å². The molecule has 0 aliphatic heterocycles. The van der Waals surface area contributed by atoms with Crippen molar-refractivity contribution in [2.45, 2.75) is 190 Å². The third-order valence-electron chi connectivity index (χ3n) is 8.12. The lowest BCUT2D eigenvalue weighted by molar-refractivity contribution is -0.589. The predicted molar refractivity (Wildman–Crippen MR) is 201 cm³/mol. The van der Waals surface area contributed by atoms with Crippen molar-refractivity contribution in [3.05, 3.63) is 0 Å². The first-order valence-corrected chi connectivity index (χ1v) is 19.9. The standard InChI is InChI=1S/C40H73NO10/c1-13-18-20-24-29-46-40(48-31(8)16-4,51-39(9,10)11)41(49-32-25-22-21-23-26-32)50-38-33(42-12)34(43-17-5)35(44-27-15-3)37(47-30(6)7)36(38)45-28-19-14-2/h30-32H,13-29H2,1-12H3. The van der Waals surface area contributed by atoms with Gasteiger partial charge in [0.15, 0.2) is 0 Å². The van der Waals surface area contributed by atoms with Crippen molar-refractivity contribution in [1.82, 2.24) is 5.23 Å². The lowest BCUT2D eigenvalue weighted by Gasteiger charge is -2.44. The van der Waals surface area contributed by atoms with E-state index >= 15 is 0 Å². The summed E-state index contributed by atoms with van der Waals surface area (Å²) in [6.45, 7) is 23.6. The van der Waals surface area contributed by atoms with Crippen molar-refractivity contribution in [1.29, 1.82) is 0 Å². The van der Waals surface area contributed by atoms with Crippen molar-refractivity contribution in [3.8, 4) is 34.5 Å². The second-order valence-electron chi connectivity index (χ2n) is 14.5. The van der Waals surface area contributed by atoms with Gasteiger partial charge >= 0.3 is 6.10 Å². The SMILES string of the molecule is CCCCCCOC(OC(C)CC)(OC(C)(C)C)N(Oc1c(OC)c(OCC)c(OCCC)c(OC(C)C)c1OCCCC)OC1CCCCC1. The number of ether oxygens (including phenoxy) is 8. The first-order valence-electron chi connectivity index (χ1n) is 19.9. The van der Waals surface area contributed by atoms with E-state index in [1.165, 1.54) is 5.23 Å². The fraction of sp³-hybridized carbons (Fsp3) is 0.850. The van der Waals surface area contributed by atoms with E-state index in [0.717, 1.165) is 77.0 Å². The van der Waals surface area contributed by atoms with E-state index in [1.54, 1.807) is 7.11 Å². The molecule has 0 N–H and O–H groups in total. The molecule has 2 atom stereocenters. The number of benzene rings is 1. The second kappa shape index (κ2) is 23.5. The van der Waals surface area contributed by atoms with Crippen molar-refractivity contribution < 1.29 is 47.6 Å². The third kappa shape index (κ3) is 14.6. The van der Waals surface area contributed by atoms with Crippen LogP contribution in [0.5, 0.6) is 34.5 Å². The molecule has 11 heteroatoms. The zero-order valence-corrected chi connectivity index (χ0v) is 34.3. The molecule has 51 heavy (non-hydrogen) atoms. The Hall–Kier alpha value is -2.18. The number of hydrogen-bond acceptors (Lipinski definition) is 11. The molecule has 0 saturated heterocycles. The Labute approximate surface area is 310 Å². The van der Waals surface area contributed by atoms with Crippen LogP contribution in [0.25, 0.3) is 0 Å². The van der Waals surface area contributed by atoms with Gasteiger partial charge in [-0.1, -0.05) is 72.6 Å². The Morgan fingerprint density at radius 1 is 0.686 bits per heavy atom. The number of hydrogen-bond donors (Lipinski definition) is 0. The summed E-state index contributed by atoms with van der Waals surface area (Å²) in [5.74, 6) is 1.83. The van der Waals surface area contributed by atoms with Crippen LogP contribution in [0, 0.1) is 0 Å². The van der Waals surface area contributed by atoms with Gasteiger partial charge in [-0.05, 0) is 87.0 Å². The predicted octanol–water partition coefficient (Wildman–Crippen LogP) is 10.5. The van der Waals surface area contributed by atoms with E-state index in [1.807, 2.05) is 55.4 Å². The third-order valence-corrected chi connectivity index (χ3v) is 8.12. The van der Waals surface area contributed by atoms with Gasteiger partial charge in [0, 0.05) is 0 Å². The molecule has 0 aromatic heterocycles. The summed E-state index contributed by atoms with van der Waals surface area (Å²) >= 11 is 0. The van der Waals surface area contributed by atoms with Crippen LogP contribution in [0.3, 0.4) is 0 Å². The summed E-state index contributed by atoms with van der Waals surface area (Å²) in [5, 5.41) is 1.27. The minimum absolute atomic E-state index is 0.175. The second-order valence-corrected chi connectivity index (χ2v) is 14.5. The summed E-state index contributed by atoms with van der Waals surface area (Å²) in [4.78, 5) is 13.8. The molecule has 0 bridgehead atoms. The molecule has 1 aromatic rings. The van der Waals surface area contributed by atoms with Gasteiger partial charge in [-0.2, -0.15) is 0 Å². The molecule has 0 spiro atoms. The topological polar surface area (TPSA) is 95.5 Å². The van der Waals surface area contributed by atoms with Gasteiger partial charge < -0.3 is 42.7 Å². The van der Waals surface area contributed by atoms with Crippen LogP contribution in [0.15, 0.2) is 0 Å². The number of unbranched alkanes of at least 4 members (excludes halogenated alkanes) is 4. The van der Waals surface area contributed by atoms with E-state index in [0.29, 0.717) is 55.8 Å². The summed E-state index contributed by atoms with van der Waals surface area (Å²) in [6, 6.07) is 0. The Balaban J connectivity index is 3.00. The maximum absolute atomic E-state index is 6.98. The van der Waals surface area contributed by atoms with Crippen molar-refractivity contribution >= 4 is 0 Å². The lowest BCUT2D eigenvalue weighted by Crippen LogP contribution is -2.61. The Bertz CT molecular complexity index is 1090. The van der Waals surface area contributed by atoms with E-state index in [-0.39, 0.29) is 29.8 Å². The Morgan fingerprint density at radius 3 is 1.90 bits per heavy atom. The maximum Gasteiger partial charge on any atom is 0.411 e. The number of rotatable bonds is 27. The lowest BCUT2D eigenvalue weighted by atomic mass is 9.98. The van der Waals surface area contributed by atoms with Gasteiger partial charge in [0.2, 0.25) is 34.5 Å². The van der Waals surface area contributed by atoms with Crippen molar-refractivity contribution in [3.63, 3.8) is 0 Å². The van der Waals surface area contributed by atoms with Crippen LogP contribution < -0.4 is 28.5 Å². The number of methoxy groups -OCH3 is 1. The molecule has 0 amide bonds. The van der Waals surface area contributed by atoms with Crippen LogP contribution in [-0.2, 0) is 19.0 Å². The van der Waals surface area contributed by atoms with Gasteiger partial charge in [0.05, 0.1) is 62.7 Å². The van der Waals surface area contributed by atoms with Crippen LogP contribution in [-0.4, -0.2) is 68.8 Å². The highest BCUT2D eigenvalue weighted by molar-refractivity contribution is 5.73. The molecule has 1 fully saturated rings. The van der Waals surface area contributed by atoms with Crippen molar-refractivity contribution in [2.24, 2.45) is 0 Å². The number of nitrogens with zero attached hydrogens (tertiary/aromatic N) is 1. The summed E-state index contributed by atoms with van der Waals surface area (Å²) in [7, 11) is 1.57. The van der Waals surface area contributed by atoms with E-state index in [2.05, 4.69) is 20.8 Å². The smallest absolute Gasteiger partial charge is 0.411 e. The molecule has 1 saturated carbocycles. The summed E-state index contributed by atoms with van der Waals surface area (Å²) < 4.78 is 52.1. The quantitative estimate of drug-likeness (QED) is 0.0492. The van der Waals surface area contributed by atoms with E-state index < -0.39 is 11.7 Å². The molecule has 298 valence electrons. The highest BCUT2D eigenvalue weighted by Gasteiger charge is 2.52. The summed E-state index contributed by atoms with van der Waals surface area (Å²) in [6.07, 6.45) is 9.55. The highest BCUT2D eigenvalue weighted by atomic mass is 17.1. The minimum Gasteiger partial charge on any atom is -0.489 e.